The van der Waals surface area contributed by atoms with Gasteiger partial charge in [0.15, 0.2) is 5.82 Å². The van der Waals surface area contributed by atoms with Gasteiger partial charge in [-0.05, 0) is 30.3 Å². The SMILES string of the molecule is Cl.Cl.Cn1c(C(=O)c2ccc(C(=N)N)cc2)nc2cc(N(CCN3CCOCC3)S(=O)(=O)c3cccc4cccnc34)ccc21. The molecule has 0 spiro atoms. The summed E-state index contributed by atoms with van der Waals surface area (Å²) in [5.41, 5.74) is 8.50. The Morgan fingerprint density at radius 2 is 1.69 bits per heavy atom. The van der Waals surface area contributed by atoms with Crippen LogP contribution in [-0.4, -0.2) is 78.9 Å². The molecular formula is C31H33Cl2N7O4S. The minimum atomic E-state index is -4.04. The number of halogens is 2. The lowest BCUT2D eigenvalue weighted by Crippen LogP contribution is -2.43. The second-order valence-corrected chi connectivity index (χ2v) is 12.2. The number of carbonyl (C=O) groups excluding carboxylic acids is 1. The van der Waals surface area contributed by atoms with E-state index in [0.717, 1.165) is 18.5 Å². The number of para-hydroxylation sites is 1. The van der Waals surface area contributed by atoms with Crippen molar-refractivity contribution < 1.29 is 17.9 Å². The van der Waals surface area contributed by atoms with E-state index in [4.69, 9.17) is 15.9 Å². The molecule has 3 N–H and O–H groups in total. The fourth-order valence-corrected chi connectivity index (χ4v) is 6.94. The second kappa shape index (κ2) is 13.9. The number of nitrogens with two attached hydrogens (primary N) is 1. The predicted octanol–water partition coefficient (Wildman–Crippen LogP) is 4.01. The molecule has 0 radical (unpaired) electrons. The topological polar surface area (TPSA) is 148 Å². The summed E-state index contributed by atoms with van der Waals surface area (Å²) in [6.07, 6.45) is 1.59. The maximum absolute atomic E-state index is 14.3. The summed E-state index contributed by atoms with van der Waals surface area (Å²) >= 11 is 0. The number of morpholine rings is 1. The van der Waals surface area contributed by atoms with Crippen molar-refractivity contribution in [1.82, 2.24) is 19.4 Å². The third-order valence-electron chi connectivity index (χ3n) is 7.70. The lowest BCUT2D eigenvalue weighted by Gasteiger charge is -2.31. The molecular weight excluding hydrogens is 637 g/mol. The van der Waals surface area contributed by atoms with E-state index >= 15 is 0 Å². The lowest BCUT2D eigenvalue weighted by molar-refractivity contribution is 0.0395. The molecule has 0 aliphatic carbocycles. The first-order valence-electron chi connectivity index (χ1n) is 13.9. The Morgan fingerprint density at radius 3 is 2.40 bits per heavy atom. The zero-order chi connectivity index (χ0) is 30.1. The number of nitrogen functional groups attached to an aromatic ring is 1. The molecule has 1 fully saturated rings. The van der Waals surface area contributed by atoms with Crippen LogP contribution in [0.25, 0.3) is 21.9 Å². The van der Waals surface area contributed by atoms with Gasteiger partial charge in [0.25, 0.3) is 10.0 Å². The van der Waals surface area contributed by atoms with Gasteiger partial charge in [-0.1, -0.05) is 42.5 Å². The summed E-state index contributed by atoms with van der Waals surface area (Å²) in [4.78, 5) is 24.7. The van der Waals surface area contributed by atoms with E-state index in [2.05, 4.69) is 14.9 Å². The number of anilines is 1. The van der Waals surface area contributed by atoms with Crippen LogP contribution in [0.2, 0.25) is 0 Å². The number of amidine groups is 1. The number of hydrogen-bond donors (Lipinski definition) is 2. The molecule has 0 bridgehead atoms. The van der Waals surface area contributed by atoms with Gasteiger partial charge in [-0.15, -0.1) is 24.8 Å². The van der Waals surface area contributed by atoms with E-state index < -0.39 is 10.0 Å². The molecule has 0 unspecified atom stereocenters. The standard InChI is InChI=1S/C31H31N7O4S.2ClH/c1-36-26-12-11-24(20-25(26)35-31(36)29(39)22-7-9-23(10-8-22)30(32)33)38(15-14-37-16-18-42-19-17-37)43(40,41)27-6-2-4-21-5-3-13-34-28(21)27;;/h2-13,20H,14-19H2,1H3,(H3,32,33);2*1H. The largest absolute Gasteiger partial charge is 0.384 e. The molecule has 5 aromatic rings. The Kier molecular flexibility index (Phi) is 10.5. The van der Waals surface area contributed by atoms with E-state index in [0.29, 0.717) is 53.1 Å². The van der Waals surface area contributed by atoms with Crippen molar-refractivity contribution in [3.63, 3.8) is 0 Å². The first-order valence-corrected chi connectivity index (χ1v) is 15.3. The molecule has 14 heteroatoms. The molecule has 0 amide bonds. The van der Waals surface area contributed by atoms with Crippen LogP contribution in [0.5, 0.6) is 0 Å². The molecule has 6 rings (SSSR count). The van der Waals surface area contributed by atoms with E-state index in [-0.39, 0.29) is 53.7 Å². The Bertz CT molecular complexity index is 1960. The van der Waals surface area contributed by atoms with Crippen LogP contribution in [0.3, 0.4) is 0 Å². The van der Waals surface area contributed by atoms with Crippen LogP contribution in [0.1, 0.15) is 21.7 Å². The highest BCUT2D eigenvalue weighted by molar-refractivity contribution is 7.93. The number of rotatable bonds is 9. The fourth-order valence-electron chi connectivity index (χ4n) is 5.32. The van der Waals surface area contributed by atoms with Gasteiger partial charge in [0.05, 0.1) is 35.5 Å². The first kappa shape index (κ1) is 33.8. The Morgan fingerprint density at radius 1 is 1.00 bits per heavy atom. The summed E-state index contributed by atoms with van der Waals surface area (Å²) in [6, 6.07) is 20.5. The van der Waals surface area contributed by atoms with Gasteiger partial charge in [-0.3, -0.25) is 24.4 Å². The number of benzene rings is 3. The highest BCUT2D eigenvalue weighted by Gasteiger charge is 2.29. The van der Waals surface area contributed by atoms with Crippen LogP contribution in [0, 0.1) is 5.41 Å². The number of fused-ring (bicyclic) bond motifs is 2. The normalized spacial score (nSPS) is 13.6. The number of ether oxygens (including phenoxy) is 1. The van der Waals surface area contributed by atoms with E-state index in [1.165, 1.54) is 4.31 Å². The molecule has 3 heterocycles. The van der Waals surface area contributed by atoms with Crippen molar-refractivity contribution in [2.75, 3.05) is 43.7 Å². The third kappa shape index (κ3) is 6.65. The summed E-state index contributed by atoms with van der Waals surface area (Å²) in [7, 11) is -2.29. The van der Waals surface area contributed by atoms with Crippen molar-refractivity contribution in [2.24, 2.45) is 12.8 Å². The van der Waals surface area contributed by atoms with Gasteiger partial charge in [0, 0.05) is 55.9 Å². The van der Waals surface area contributed by atoms with Crippen LogP contribution in [0.4, 0.5) is 5.69 Å². The molecule has 11 nitrogen and oxygen atoms in total. The average Bonchev–Trinajstić information content (AvgIpc) is 3.36. The van der Waals surface area contributed by atoms with Gasteiger partial charge in [-0.2, -0.15) is 0 Å². The van der Waals surface area contributed by atoms with Crippen molar-refractivity contribution in [2.45, 2.75) is 4.90 Å². The zero-order valence-corrected chi connectivity index (χ0v) is 26.9. The molecule has 0 saturated carbocycles. The number of hydrogen-bond acceptors (Lipinski definition) is 8. The van der Waals surface area contributed by atoms with Gasteiger partial charge in [0.2, 0.25) is 5.78 Å². The van der Waals surface area contributed by atoms with E-state index in [1.54, 1.807) is 78.5 Å². The van der Waals surface area contributed by atoms with Gasteiger partial charge >= 0.3 is 0 Å². The Hall–Kier alpha value is -4.07. The predicted molar refractivity (Wildman–Crippen MR) is 180 cm³/mol. The fraction of sp³-hybridized carbons (Fsp3) is 0.226. The molecule has 236 valence electrons. The highest BCUT2D eigenvalue weighted by atomic mass is 35.5. The van der Waals surface area contributed by atoms with Crippen LogP contribution >= 0.6 is 24.8 Å². The lowest BCUT2D eigenvalue weighted by atomic mass is 10.1. The van der Waals surface area contributed by atoms with Crippen LogP contribution < -0.4 is 10.0 Å². The number of nitrogens with one attached hydrogen (secondary N) is 1. The van der Waals surface area contributed by atoms with Crippen molar-refractivity contribution in [3.05, 3.63) is 95.9 Å². The number of aryl methyl sites for hydroxylation is 1. The molecule has 1 aliphatic rings. The summed E-state index contributed by atoms with van der Waals surface area (Å²) in [6.45, 7) is 3.38. The van der Waals surface area contributed by atoms with Gasteiger partial charge < -0.3 is 15.0 Å². The van der Waals surface area contributed by atoms with Crippen LogP contribution in [0.15, 0.2) is 83.9 Å². The maximum atomic E-state index is 14.3. The van der Waals surface area contributed by atoms with Crippen LogP contribution in [-0.2, 0) is 21.8 Å². The number of sulfonamides is 1. The Labute approximate surface area is 273 Å². The Balaban J connectivity index is 0.00000230. The monoisotopic (exact) mass is 669 g/mol. The minimum Gasteiger partial charge on any atom is -0.384 e. The smallest absolute Gasteiger partial charge is 0.266 e. The molecule has 3 aromatic carbocycles. The number of carbonyl (C=O) groups is 1. The molecule has 0 atom stereocenters. The van der Waals surface area contributed by atoms with Crippen molar-refractivity contribution in [1.29, 1.82) is 5.41 Å². The summed E-state index contributed by atoms with van der Waals surface area (Å²) in [5.74, 6) is -0.167. The quantitative estimate of drug-likeness (QED) is 0.136. The summed E-state index contributed by atoms with van der Waals surface area (Å²) in [5, 5.41) is 8.32. The maximum Gasteiger partial charge on any atom is 0.266 e. The van der Waals surface area contributed by atoms with Gasteiger partial charge in [-0.25, -0.2) is 13.4 Å². The minimum absolute atomic E-state index is 0. The van der Waals surface area contributed by atoms with E-state index in [9.17, 15) is 13.2 Å². The number of nitrogens with zero attached hydrogens (tertiary/aromatic N) is 5. The number of aromatic nitrogens is 3. The summed E-state index contributed by atoms with van der Waals surface area (Å²) < 4.78 is 37.2. The first-order chi connectivity index (χ1) is 20.7. The zero-order valence-electron chi connectivity index (χ0n) is 24.4. The highest BCUT2D eigenvalue weighted by Crippen LogP contribution is 2.30. The molecule has 1 aliphatic heterocycles. The van der Waals surface area contributed by atoms with Gasteiger partial charge in [0.1, 0.15) is 10.7 Å². The molecule has 45 heavy (non-hydrogen) atoms. The van der Waals surface area contributed by atoms with E-state index in [1.807, 2.05) is 12.1 Å². The molecule has 1 saturated heterocycles. The number of pyridine rings is 1. The molecule has 2 aromatic heterocycles. The second-order valence-electron chi connectivity index (χ2n) is 10.4. The average molecular weight is 671 g/mol. The van der Waals surface area contributed by atoms with Crippen molar-refractivity contribution >= 4 is 74.1 Å². The number of imidazole rings is 1. The number of ketones is 1. The third-order valence-corrected chi connectivity index (χ3v) is 9.56. The van der Waals surface area contributed by atoms with Crippen molar-refractivity contribution in [3.8, 4) is 0 Å².